The highest BCUT2D eigenvalue weighted by molar-refractivity contribution is 5.86. The molecule has 2 rings (SSSR count). The quantitative estimate of drug-likeness (QED) is 0.837. The van der Waals surface area contributed by atoms with Gasteiger partial charge in [0.1, 0.15) is 0 Å². The average Bonchev–Trinajstić information content (AvgIpc) is 2.31. The zero-order chi connectivity index (χ0) is 13.3. The molecule has 1 aromatic rings. The number of carbonyl (C=O) groups excluding carboxylic acids is 1. The predicted molar refractivity (Wildman–Crippen MR) is 70.8 cm³/mol. The third-order valence-corrected chi connectivity index (χ3v) is 3.56. The molecule has 1 amide bonds. The van der Waals surface area contributed by atoms with Crippen LogP contribution in [0.1, 0.15) is 19.5 Å². The van der Waals surface area contributed by atoms with Crippen molar-refractivity contribution in [3.05, 3.63) is 24.0 Å². The van der Waals surface area contributed by atoms with E-state index in [1.165, 1.54) is 0 Å². The second-order valence-corrected chi connectivity index (χ2v) is 5.29. The fourth-order valence-corrected chi connectivity index (χ4v) is 2.31. The Labute approximate surface area is 108 Å². The molecule has 5 nitrogen and oxygen atoms in total. The molecule has 0 spiro atoms. The normalized spacial score (nSPS) is 20.2. The molecule has 18 heavy (non-hydrogen) atoms. The summed E-state index contributed by atoms with van der Waals surface area (Å²) in [6, 6.07) is 3.63. The molecular weight excluding hydrogens is 228 g/mol. The zero-order valence-electron chi connectivity index (χ0n) is 11.2. The van der Waals surface area contributed by atoms with E-state index in [4.69, 9.17) is 5.73 Å². The van der Waals surface area contributed by atoms with Crippen LogP contribution >= 0.6 is 0 Å². The van der Waals surface area contributed by atoms with E-state index in [-0.39, 0.29) is 5.91 Å². The van der Waals surface area contributed by atoms with Gasteiger partial charge in [-0.25, -0.2) is 0 Å². The summed E-state index contributed by atoms with van der Waals surface area (Å²) in [6.45, 7) is 6.17. The fourth-order valence-electron chi connectivity index (χ4n) is 2.31. The van der Waals surface area contributed by atoms with E-state index in [9.17, 15) is 4.79 Å². The third kappa shape index (κ3) is 2.31. The Bertz CT molecular complexity index is 458. The summed E-state index contributed by atoms with van der Waals surface area (Å²) >= 11 is 0. The predicted octanol–water partition coefficient (Wildman–Crippen LogP) is 0.716. The number of piperazine rings is 1. The van der Waals surface area contributed by atoms with Crippen LogP contribution in [0.3, 0.4) is 0 Å². The molecule has 1 saturated heterocycles. The van der Waals surface area contributed by atoms with Gasteiger partial charge >= 0.3 is 0 Å². The highest BCUT2D eigenvalue weighted by Gasteiger charge is 2.40. The van der Waals surface area contributed by atoms with Crippen molar-refractivity contribution in [2.45, 2.75) is 25.9 Å². The maximum atomic E-state index is 12.2. The van der Waals surface area contributed by atoms with Crippen LogP contribution < -0.4 is 5.73 Å². The van der Waals surface area contributed by atoms with Gasteiger partial charge < -0.3 is 10.6 Å². The van der Waals surface area contributed by atoms with Gasteiger partial charge in [0.05, 0.1) is 11.2 Å². The number of hydrogen-bond acceptors (Lipinski definition) is 4. The lowest BCUT2D eigenvalue weighted by Gasteiger charge is -2.44. The molecule has 5 heteroatoms. The maximum absolute atomic E-state index is 12.2. The second kappa shape index (κ2) is 4.57. The number of pyridine rings is 1. The first-order valence-electron chi connectivity index (χ1n) is 6.12. The molecule has 1 fully saturated rings. The summed E-state index contributed by atoms with van der Waals surface area (Å²) in [5.74, 6) is 0.151. The van der Waals surface area contributed by atoms with Gasteiger partial charge in [-0.15, -0.1) is 0 Å². The summed E-state index contributed by atoms with van der Waals surface area (Å²) in [5.41, 5.74) is 6.87. The van der Waals surface area contributed by atoms with Crippen LogP contribution in [0.15, 0.2) is 18.3 Å². The van der Waals surface area contributed by atoms with Crippen molar-refractivity contribution < 1.29 is 4.79 Å². The van der Waals surface area contributed by atoms with Crippen LogP contribution in [0.2, 0.25) is 0 Å². The zero-order valence-corrected chi connectivity index (χ0v) is 11.2. The molecule has 0 unspecified atom stereocenters. The number of nitrogens with zero attached hydrogens (tertiary/aromatic N) is 3. The Morgan fingerprint density at radius 1 is 1.44 bits per heavy atom. The molecule has 0 radical (unpaired) electrons. The van der Waals surface area contributed by atoms with Crippen molar-refractivity contribution in [3.8, 4) is 0 Å². The van der Waals surface area contributed by atoms with Gasteiger partial charge in [-0.3, -0.25) is 14.7 Å². The smallest absolute Gasteiger partial charge is 0.242 e. The minimum absolute atomic E-state index is 0.151. The molecule has 1 aliphatic heterocycles. The number of anilines is 1. The minimum Gasteiger partial charge on any atom is -0.399 e. The lowest BCUT2D eigenvalue weighted by atomic mass is 9.97. The Hall–Kier alpha value is -1.62. The van der Waals surface area contributed by atoms with Crippen LogP contribution in [0.4, 0.5) is 5.69 Å². The molecule has 0 aliphatic carbocycles. The van der Waals surface area contributed by atoms with Crippen LogP contribution in [0, 0.1) is 0 Å². The summed E-state index contributed by atoms with van der Waals surface area (Å²) in [6.07, 6.45) is 1.70. The first kappa shape index (κ1) is 12.8. The van der Waals surface area contributed by atoms with Crippen molar-refractivity contribution in [3.63, 3.8) is 0 Å². The molecule has 1 aromatic heterocycles. The van der Waals surface area contributed by atoms with E-state index in [0.29, 0.717) is 12.2 Å². The van der Waals surface area contributed by atoms with Crippen molar-refractivity contribution in [2.24, 2.45) is 0 Å². The van der Waals surface area contributed by atoms with Crippen LogP contribution in [0.5, 0.6) is 0 Å². The summed E-state index contributed by atoms with van der Waals surface area (Å²) in [7, 11) is 1.85. The van der Waals surface area contributed by atoms with Crippen molar-refractivity contribution in [2.75, 3.05) is 25.9 Å². The molecule has 0 atom stereocenters. The Kier molecular flexibility index (Phi) is 3.26. The van der Waals surface area contributed by atoms with Crippen LogP contribution in [0.25, 0.3) is 0 Å². The number of nitrogens with two attached hydrogens (primary N) is 1. The summed E-state index contributed by atoms with van der Waals surface area (Å²) in [5, 5.41) is 0. The number of aromatic nitrogens is 1. The summed E-state index contributed by atoms with van der Waals surface area (Å²) in [4.78, 5) is 20.4. The number of hydrogen-bond donors (Lipinski definition) is 1. The number of nitrogen functional groups attached to an aromatic ring is 1. The van der Waals surface area contributed by atoms with E-state index in [2.05, 4.69) is 9.88 Å². The molecule has 1 aliphatic rings. The van der Waals surface area contributed by atoms with Crippen LogP contribution in [-0.2, 0) is 11.3 Å². The summed E-state index contributed by atoms with van der Waals surface area (Å²) < 4.78 is 0. The van der Waals surface area contributed by atoms with Gasteiger partial charge in [0.25, 0.3) is 0 Å². The van der Waals surface area contributed by atoms with Crippen LogP contribution in [-0.4, -0.2) is 46.4 Å². The van der Waals surface area contributed by atoms with Crippen molar-refractivity contribution in [1.29, 1.82) is 0 Å². The molecule has 98 valence electrons. The molecule has 2 N–H and O–H groups in total. The fraction of sp³-hybridized carbons (Fsp3) is 0.538. The van der Waals surface area contributed by atoms with E-state index < -0.39 is 5.54 Å². The van der Waals surface area contributed by atoms with Gasteiger partial charge in [-0.05, 0) is 26.0 Å². The highest BCUT2D eigenvalue weighted by atomic mass is 16.2. The van der Waals surface area contributed by atoms with Gasteiger partial charge in [0.2, 0.25) is 5.91 Å². The first-order chi connectivity index (χ1) is 8.41. The Balaban J connectivity index is 2.16. The van der Waals surface area contributed by atoms with E-state index in [1.807, 2.05) is 27.0 Å². The van der Waals surface area contributed by atoms with Gasteiger partial charge in [0, 0.05) is 38.6 Å². The van der Waals surface area contributed by atoms with Gasteiger partial charge in [0.15, 0.2) is 0 Å². The lowest BCUT2D eigenvalue weighted by Crippen LogP contribution is -2.61. The molecule has 0 saturated carbocycles. The first-order valence-corrected chi connectivity index (χ1v) is 6.12. The van der Waals surface area contributed by atoms with Gasteiger partial charge in [-0.2, -0.15) is 0 Å². The largest absolute Gasteiger partial charge is 0.399 e. The third-order valence-electron chi connectivity index (χ3n) is 3.56. The molecular formula is C13H20N4O. The van der Waals surface area contributed by atoms with Crippen molar-refractivity contribution in [1.82, 2.24) is 14.8 Å². The van der Waals surface area contributed by atoms with E-state index in [0.717, 1.165) is 18.8 Å². The van der Waals surface area contributed by atoms with E-state index >= 15 is 0 Å². The SMILES string of the molecule is CN1CCN(Cc2cc(N)ccn2)C(C)(C)C1=O. The second-order valence-electron chi connectivity index (χ2n) is 5.29. The van der Waals surface area contributed by atoms with E-state index in [1.54, 1.807) is 17.2 Å². The number of rotatable bonds is 2. The topological polar surface area (TPSA) is 62.5 Å². The molecule has 0 aromatic carbocycles. The minimum atomic E-state index is -0.487. The number of carbonyl (C=O) groups is 1. The van der Waals surface area contributed by atoms with Gasteiger partial charge in [-0.1, -0.05) is 0 Å². The standard InChI is InChI=1S/C13H20N4O/c1-13(2)12(18)16(3)6-7-17(13)9-11-8-10(14)4-5-15-11/h4-5,8H,6-7,9H2,1-3H3,(H2,14,15). The number of likely N-dealkylation sites (N-methyl/N-ethyl adjacent to an activating group) is 1. The van der Waals surface area contributed by atoms with Crippen molar-refractivity contribution >= 4 is 11.6 Å². The molecule has 0 bridgehead atoms. The Morgan fingerprint density at radius 2 is 2.17 bits per heavy atom. The maximum Gasteiger partial charge on any atom is 0.242 e. The lowest BCUT2D eigenvalue weighted by molar-refractivity contribution is -0.147. The highest BCUT2D eigenvalue weighted by Crippen LogP contribution is 2.23. The number of amides is 1. The Morgan fingerprint density at radius 3 is 2.83 bits per heavy atom. The molecule has 2 heterocycles. The monoisotopic (exact) mass is 248 g/mol. The average molecular weight is 248 g/mol.